The number of nitrogens with zero attached hydrogens (tertiary/aromatic N) is 4. The molecule has 4 atom stereocenters. The third-order valence-electron chi connectivity index (χ3n) is 7.07. The molecule has 5 rings (SSSR count). The van der Waals surface area contributed by atoms with Gasteiger partial charge in [0.05, 0.1) is 12.6 Å². The smallest absolute Gasteiger partial charge is 0.191 e. The summed E-state index contributed by atoms with van der Waals surface area (Å²) in [5.74, 6) is 3.39. The fourth-order valence-electron chi connectivity index (χ4n) is 5.64. The van der Waals surface area contributed by atoms with Gasteiger partial charge in [-0.1, -0.05) is 6.42 Å². The van der Waals surface area contributed by atoms with Crippen molar-refractivity contribution >= 4 is 5.96 Å². The van der Waals surface area contributed by atoms with E-state index in [1.165, 1.54) is 25.7 Å². The molecule has 4 aliphatic rings. The Kier molecular flexibility index (Phi) is 4.35. The largest absolute Gasteiger partial charge is 0.377 e. The van der Waals surface area contributed by atoms with Crippen LogP contribution in [0.1, 0.15) is 43.8 Å². The molecule has 27 heavy (non-hydrogen) atoms. The maximum absolute atomic E-state index is 6.04. The minimum atomic E-state index is 0.314. The van der Waals surface area contributed by atoms with Gasteiger partial charge in [-0.05, 0) is 25.7 Å². The van der Waals surface area contributed by atoms with Gasteiger partial charge in [-0.2, -0.15) is 5.10 Å². The summed E-state index contributed by atoms with van der Waals surface area (Å²) in [5, 5.41) is 12.0. The number of aliphatic imine (C=N–C) groups is 1. The Balaban J connectivity index is 1.22. The predicted molar refractivity (Wildman–Crippen MR) is 100 cm³/mol. The molecule has 1 spiro atoms. The molecule has 0 radical (unpaired) electrons. The van der Waals surface area contributed by atoms with Gasteiger partial charge in [-0.15, -0.1) is 0 Å². The number of fused-ring (bicyclic) bond motifs is 3. The lowest BCUT2D eigenvalue weighted by Gasteiger charge is -2.63. The van der Waals surface area contributed by atoms with E-state index >= 15 is 0 Å². The van der Waals surface area contributed by atoms with E-state index in [1.54, 1.807) is 7.11 Å². The normalized spacial score (nSPS) is 33.8. The highest BCUT2D eigenvalue weighted by Crippen LogP contribution is 2.62. The number of aryl methyl sites for hydroxylation is 1. The summed E-state index contributed by atoms with van der Waals surface area (Å²) in [7, 11) is 3.54. The topological polar surface area (TPSA) is 85.6 Å². The van der Waals surface area contributed by atoms with Gasteiger partial charge in [0.25, 0.3) is 0 Å². The fourth-order valence-corrected chi connectivity index (χ4v) is 5.64. The Morgan fingerprint density at radius 1 is 1.37 bits per heavy atom. The van der Waals surface area contributed by atoms with E-state index in [-0.39, 0.29) is 0 Å². The van der Waals surface area contributed by atoms with Crippen molar-refractivity contribution < 1.29 is 9.47 Å². The summed E-state index contributed by atoms with van der Waals surface area (Å²) < 4.78 is 13.2. The zero-order valence-electron chi connectivity index (χ0n) is 16.3. The van der Waals surface area contributed by atoms with Crippen LogP contribution < -0.4 is 10.6 Å². The molecule has 8 nitrogen and oxygen atoms in total. The molecule has 2 aliphatic heterocycles. The molecule has 2 N–H and O–H groups in total. The number of aromatic nitrogens is 3. The fraction of sp³-hybridized carbons (Fsp3) is 0.842. The number of hydrogen-bond acceptors (Lipinski definition) is 5. The Labute approximate surface area is 160 Å². The SMILES string of the molecule is CN=C(NC1CCc2nc(COC)nn2C1)NC1C2CCOC2C12CCC2. The summed E-state index contributed by atoms with van der Waals surface area (Å²) in [6.07, 6.45) is 7.53. The van der Waals surface area contributed by atoms with Crippen LogP contribution in [0.5, 0.6) is 0 Å². The third kappa shape index (κ3) is 2.76. The number of rotatable bonds is 4. The van der Waals surface area contributed by atoms with Crippen LogP contribution in [-0.4, -0.2) is 59.7 Å². The first-order chi connectivity index (χ1) is 13.2. The summed E-state index contributed by atoms with van der Waals surface area (Å²) >= 11 is 0. The summed E-state index contributed by atoms with van der Waals surface area (Å²) in [4.78, 5) is 9.08. The maximum atomic E-state index is 6.04. The van der Waals surface area contributed by atoms with Gasteiger partial charge in [0.1, 0.15) is 12.4 Å². The number of guanidine groups is 1. The first-order valence-electron chi connectivity index (χ1n) is 10.3. The molecule has 1 aromatic rings. The van der Waals surface area contributed by atoms with E-state index in [2.05, 4.69) is 25.7 Å². The summed E-state index contributed by atoms with van der Waals surface area (Å²) in [6.45, 7) is 2.20. The second kappa shape index (κ2) is 6.74. The molecule has 0 bridgehead atoms. The van der Waals surface area contributed by atoms with Crippen LogP contribution in [0.2, 0.25) is 0 Å². The lowest BCUT2D eigenvalue weighted by Crippen LogP contribution is -2.72. The molecular formula is C19H30N6O2. The van der Waals surface area contributed by atoms with Gasteiger partial charge >= 0.3 is 0 Å². The van der Waals surface area contributed by atoms with E-state index in [1.807, 2.05) is 11.7 Å². The predicted octanol–water partition coefficient (Wildman–Crippen LogP) is 0.862. The number of hydrogen-bond donors (Lipinski definition) is 2. The number of methoxy groups -OCH3 is 1. The third-order valence-corrected chi connectivity index (χ3v) is 7.07. The highest BCUT2D eigenvalue weighted by molar-refractivity contribution is 5.80. The molecule has 8 heteroatoms. The van der Waals surface area contributed by atoms with E-state index in [4.69, 9.17) is 9.47 Å². The van der Waals surface area contributed by atoms with E-state index in [0.29, 0.717) is 36.1 Å². The maximum Gasteiger partial charge on any atom is 0.191 e. The van der Waals surface area contributed by atoms with Crippen LogP contribution in [0, 0.1) is 11.3 Å². The molecule has 0 aromatic carbocycles. The van der Waals surface area contributed by atoms with Crippen LogP contribution in [-0.2, 0) is 29.0 Å². The van der Waals surface area contributed by atoms with Gasteiger partial charge in [0, 0.05) is 50.6 Å². The highest BCUT2D eigenvalue weighted by atomic mass is 16.5. The van der Waals surface area contributed by atoms with Gasteiger partial charge in [-0.3, -0.25) is 4.99 Å². The molecular weight excluding hydrogens is 344 g/mol. The minimum Gasteiger partial charge on any atom is -0.377 e. The Morgan fingerprint density at radius 2 is 2.26 bits per heavy atom. The second-order valence-corrected chi connectivity index (χ2v) is 8.46. The average molecular weight is 374 g/mol. The first kappa shape index (κ1) is 17.4. The molecule has 2 aliphatic carbocycles. The van der Waals surface area contributed by atoms with E-state index in [0.717, 1.165) is 43.6 Å². The average Bonchev–Trinajstić information content (AvgIpc) is 3.21. The Hall–Kier alpha value is -1.67. The standard InChI is InChI=1S/C19H30N6O2/c1-20-18(23-16-13-6-9-27-17(13)19(16)7-3-8-19)21-12-4-5-15-22-14(11-26-2)24-25(15)10-12/h12-13,16-17H,3-11H2,1-2H3,(H2,20,21,23). The van der Waals surface area contributed by atoms with Crippen LogP contribution in [0.3, 0.4) is 0 Å². The number of nitrogens with one attached hydrogen (secondary N) is 2. The molecule has 0 amide bonds. The molecule has 4 unspecified atom stereocenters. The summed E-state index contributed by atoms with van der Waals surface area (Å²) in [5.41, 5.74) is 0.361. The van der Waals surface area contributed by atoms with Crippen LogP contribution in [0.15, 0.2) is 4.99 Å². The van der Waals surface area contributed by atoms with Crippen molar-refractivity contribution in [1.82, 2.24) is 25.4 Å². The zero-order chi connectivity index (χ0) is 18.4. The van der Waals surface area contributed by atoms with Crippen LogP contribution in [0.25, 0.3) is 0 Å². The minimum absolute atomic E-state index is 0.314. The van der Waals surface area contributed by atoms with E-state index in [9.17, 15) is 0 Å². The van der Waals surface area contributed by atoms with Crippen molar-refractivity contribution in [3.05, 3.63) is 11.6 Å². The number of ether oxygens (including phenoxy) is 2. The lowest BCUT2D eigenvalue weighted by molar-refractivity contribution is -0.171. The quantitative estimate of drug-likeness (QED) is 0.601. The molecule has 3 fully saturated rings. The van der Waals surface area contributed by atoms with E-state index < -0.39 is 0 Å². The van der Waals surface area contributed by atoms with Gasteiger partial charge in [0.2, 0.25) is 0 Å². The van der Waals surface area contributed by atoms with Gasteiger partial charge < -0.3 is 20.1 Å². The Bertz CT molecular complexity index is 728. The van der Waals surface area contributed by atoms with Crippen LogP contribution >= 0.6 is 0 Å². The zero-order valence-corrected chi connectivity index (χ0v) is 16.3. The van der Waals surface area contributed by atoms with Crippen molar-refractivity contribution in [3.8, 4) is 0 Å². The van der Waals surface area contributed by atoms with Gasteiger partial charge in [-0.25, -0.2) is 9.67 Å². The van der Waals surface area contributed by atoms with Crippen molar-refractivity contribution in [2.24, 2.45) is 16.3 Å². The van der Waals surface area contributed by atoms with Crippen LogP contribution in [0.4, 0.5) is 0 Å². The van der Waals surface area contributed by atoms with Gasteiger partial charge in [0.15, 0.2) is 11.8 Å². The second-order valence-electron chi connectivity index (χ2n) is 8.46. The Morgan fingerprint density at radius 3 is 3.00 bits per heavy atom. The molecule has 1 aromatic heterocycles. The molecule has 2 saturated carbocycles. The monoisotopic (exact) mass is 374 g/mol. The van der Waals surface area contributed by atoms with Crippen molar-refractivity contribution in [2.45, 2.75) is 69.9 Å². The molecule has 1 saturated heterocycles. The first-order valence-corrected chi connectivity index (χ1v) is 10.3. The van der Waals surface area contributed by atoms with Crippen molar-refractivity contribution in [2.75, 3.05) is 20.8 Å². The van der Waals surface area contributed by atoms with Crippen molar-refractivity contribution in [3.63, 3.8) is 0 Å². The molecule has 3 heterocycles. The lowest BCUT2D eigenvalue weighted by atomic mass is 9.46. The molecule has 148 valence electrons. The highest BCUT2D eigenvalue weighted by Gasteiger charge is 2.66. The van der Waals surface area contributed by atoms with Crippen molar-refractivity contribution in [1.29, 1.82) is 0 Å². The summed E-state index contributed by atoms with van der Waals surface area (Å²) in [6, 6.07) is 0.817.